The molecule has 4 saturated heterocycles. The van der Waals surface area contributed by atoms with Crippen LogP contribution in [0.25, 0.3) is 0 Å². The number of nitriles is 1. The van der Waals surface area contributed by atoms with E-state index in [2.05, 4.69) is 105 Å². The smallest absolute Gasteiger partial charge is 0.236 e. The van der Waals surface area contributed by atoms with Gasteiger partial charge in [-0.05, 0) is 97.1 Å². The fourth-order valence-electron chi connectivity index (χ4n) is 8.69. The third kappa shape index (κ3) is 11.6. The van der Waals surface area contributed by atoms with E-state index in [1.807, 2.05) is 89.1 Å². The van der Waals surface area contributed by atoms with Crippen molar-refractivity contribution in [3.05, 3.63) is 144 Å². The second-order valence-electron chi connectivity index (χ2n) is 16.9. The van der Waals surface area contributed by atoms with Crippen LogP contribution >= 0.6 is 50.1 Å². The highest BCUT2D eigenvalue weighted by Crippen LogP contribution is 2.50. The molecule has 330 valence electrons. The van der Waals surface area contributed by atoms with Gasteiger partial charge >= 0.3 is 0 Å². The largest absolute Gasteiger partial charge is 0.355 e. The summed E-state index contributed by atoms with van der Waals surface area (Å²) < 4.78 is 6.43. The van der Waals surface area contributed by atoms with E-state index in [0.717, 1.165) is 102 Å². The summed E-state index contributed by atoms with van der Waals surface area (Å²) in [4.78, 5) is 36.3. The van der Waals surface area contributed by atoms with Gasteiger partial charge in [0.1, 0.15) is 6.04 Å². The van der Waals surface area contributed by atoms with E-state index in [0.29, 0.717) is 28.7 Å². The molecule has 4 aliphatic rings. The second kappa shape index (κ2) is 23.5. The van der Waals surface area contributed by atoms with Gasteiger partial charge in [-0.25, -0.2) is 0 Å². The summed E-state index contributed by atoms with van der Waals surface area (Å²) in [6, 6.07) is 43.4. The van der Waals surface area contributed by atoms with E-state index in [1.54, 1.807) is 0 Å². The van der Waals surface area contributed by atoms with Gasteiger partial charge in [0, 0.05) is 48.4 Å². The van der Waals surface area contributed by atoms with Crippen LogP contribution < -0.4 is 5.32 Å². The van der Waals surface area contributed by atoms with Gasteiger partial charge in [0.25, 0.3) is 0 Å². The summed E-state index contributed by atoms with van der Waals surface area (Å²) in [6.45, 7) is 18.6. The Balaban J connectivity index is 0.000000157. The van der Waals surface area contributed by atoms with Crippen LogP contribution in [0.2, 0.25) is 0 Å². The lowest BCUT2D eigenvalue weighted by molar-refractivity contribution is -0.128. The number of amides is 3. The summed E-state index contributed by atoms with van der Waals surface area (Å²) in [5, 5.41) is 12.3. The molecule has 14 heteroatoms. The molecule has 4 fully saturated rings. The van der Waals surface area contributed by atoms with Gasteiger partial charge in [0.2, 0.25) is 17.7 Å². The van der Waals surface area contributed by atoms with Crippen LogP contribution in [-0.4, -0.2) is 83.9 Å². The van der Waals surface area contributed by atoms with Crippen molar-refractivity contribution in [2.24, 2.45) is 0 Å². The molecule has 6 unspecified atom stereocenters. The van der Waals surface area contributed by atoms with E-state index in [1.165, 1.54) is 5.56 Å². The maximum atomic E-state index is 12.4. The zero-order chi connectivity index (χ0) is 44.8. The Labute approximate surface area is 381 Å². The predicted molar refractivity (Wildman–Crippen MR) is 274 cm³/mol. The molecule has 0 spiro atoms. The van der Waals surface area contributed by atoms with Crippen molar-refractivity contribution in [2.45, 2.75) is 81.1 Å². The highest BCUT2D eigenvalue weighted by Gasteiger charge is 2.46. The van der Waals surface area contributed by atoms with Gasteiger partial charge < -0.3 is 14.7 Å². The Morgan fingerprint density at radius 2 is 0.919 bits per heavy atom. The first kappa shape index (κ1) is 50.3. The van der Waals surface area contributed by atoms with Crippen molar-refractivity contribution in [3.63, 3.8) is 0 Å². The minimum absolute atomic E-state index is 0.00264. The van der Waals surface area contributed by atoms with Gasteiger partial charge in [0.05, 0.1) is 22.3 Å². The SMILES string of the molecule is CPPN1CC[C@@](C)(c2ccccc2)C1=O.CPPN1CC[C@@](C)(c2ccccc2)C1=O.CPPN1CC[C@@](C)(c2ccccc2)[C@H]1C#N.C[C@@]1(c2ccccc2)CCNC1=O. The van der Waals surface area contributed by atoms with E-state index in [9.17, 15) is 19.6 Å². The van der Waals surface area contributed by atoms with Crippen molar-refractivity contribution in [2.75, 3.05) is 46.2 Å². The zero-order valence-electron chi connectivity index (χ0n) is 37.3. The molecule has 11 atom stereocenters. The monoisotopic (exact) mass is 945 g/mol. The van der Waals surface area contributed by atoms with Crippen LogP contribution in [0.15, 0.2) is 121 Å². The molecular formula is C48H65N5O3P6. The van der Waals surface area contributed by atoms with Gasteiger partial charge in [-0.15, -0.1) is 0 Å². The Morgan fingerprint density at radius 3 is 1.27 bits per heavy atom. The number of nitrogens with one attached hydrogen (secondary N) is 1. The van der Waals surface area contributed by atoms with Crippen molar-refractivity contribution >= 4 is 67.8 Å². The molecule has 4 aliphatic heterocycles. The van der Waals surface area contributed by atoms with Crippen LogP contribution in [-0.2, 0) is 36.0 Å². The average Bonchev–Trinajstić information content (AvgIpc) is 4.02. The number of hydrogen-bond acceptors (Lipinski definition) is 5. The first-order valence-corrected chi connectivity index (χ1v) is 31.7. The van der Waals surface area contributed by atoms with E-state index >= 15 is 0 Å². The molecule has 8 nitrogen and oxygen atoms in total. The molecular weight excluding hydrogens is 880 g/mol. The summed E-state index contributed by atoms with van der Waals surface area (Å²) >= 11 is 0. The molecule has 0 bridgehead atoms. The van der Waals surface area contributed by atoms with Crippen molar-refractivity contribution in [1.29, 1.82) is 5.26 Å². The lowest BCUT2D eigenvalue weighted by atomic mass is 9.76. The van der Waals surface area contributed by atoms with Gasteiger partial charge in [0.15, 0.2) is 0 Å². The first-order valence-electron chi connectivity index (χ1n) is 21.4. The van der Waals surface area contributed by atoms with E-state index < -0.39 is 0 Å². The second-order valence-corrected chi connectivity index (χ2v) is 27.2. The summed E-state index contributed by atoms with van der Waals surface area (Å²) in [5.74, 6) is 0.775. The zero-order valence-corrected chi connectivity index (χ0v) is 43.3. The van der Waals surface area contributed by atoms with Crippen LogP contribution in [0.5, 0.6) is 0 Å². The minimum Gasteiger partial charge on any atom is -0.355 e. The topological polar surface area (TPSA) is 96.8 Å². The lowest BCUT2D eigenvalue weighted by Crippen LogP contribution is -2.35. The molecule has 4 aromatic rings. The summed E-state index contributed by atoms with van der Waals surface area (Å²) in [6.07, 6.45) is 3.89. The molecule has 3 amide bonds. The van der Waals surface area contributed by atoms with Crippen molar-refractivity contribution < 1.29 is 14.4 Å². The number of benzene rings is 4. The average molecular weight is 946 g/mol. The summed E-state index contributed by atoms with van der Waals surface area (Å²) in [7, 11) is 4.76. The van der Waals surface area contributed by atoms with Crippen LogP contribution in [0.1, 0.15) is 75.6 Å². The normalized spacial score (nSPS) is 27.8. The first-order chi connectivity index (χ1) is 29.8. The predicted octanol–water partition coefficient (Wildman–Crippen LogP) is 10.8. The quantitative estimate of drug-likeness (QED) is 0.160. The number of rotatable bonds is 10. The maximum absolute atomic E-state index is 12.4. The third-order valence-electron chi connectivity index (χ3n) is 12.8. The highest BCUT2D eigenvalue weighted by atomic mass is 32.0. The Hall–Kier alpha value is -2.68. The minimum atomic E-state index is -0.304. The molecule has 1 N–H and O–H groups in total. The molecule has 0 aliphatic carbocycles. The number of hydrogen-bond donors (Lipinski definition) is 1. The fourth-order valence-corrected chi connectivity index (χ4v) is 15.8. The Morgan fingerprint density at radius 1 is 0.532 bits per heavy atom. The van der Waals surface area contributed by atoms with Gasteiger partial charge in [-0.1, -0.05) is 153 Å². The summed E-state index contributed by atoms with van der Waals surface area (Å²) in [5.41, 5.74) is 3.87. The Bertz CT molecular complexity index is 2030. The van der Waals surface area contributed by atoms with Crippen LogP contribution in [0.4, 0.5) is 0 Å². The van der Waals surface area contributed by atoms with Crippen LogP contribution in [0.3, 0.4) is 0 Å². The molecule has 62 heavy (non-hydrogen) atoms. The van der Waals surface area contributed by atoms with E-state index in [4.69, 9.17) is 0 Å². The fraction of sp³-hybridized carbons (Fsp3) is 0.417. The molecule has 0 saturated carbocycles. The van der Waals surface area contributed by atoms with Crippen LogP contribution in [0, 0.1) is 11.3 Å². The molecule has 8 rings (SSSR count). The number of carbonyl (C=O) groups is 3. The highest BCUT2D eigenvalue weighted by molar-refractivity contribution is 8.11. The Kier molecular flexibility index (Phi) is 19.1. The van der Waals surface area contributed by atoms with Crippen molar-refractivity contribution in [3.8, 4) is 6.07 Å². The molecule has 4 aromatic carbocycles. The number of nitrogens with zero attached hydrogens (tertiary/aromatic N) is 4. The number of carbonyl (C=O) groups excluding carboxylic acids is 3. The van der Waals surface area contributed by atoms with Crippen molar-refractivity contribution in [1.82, 2.24) is 19.3 Å². The molecule has 0 aromatic heterocycles. The molecule has 0 radical (unpaired) electrons. The lowest BCUT2D eigenvalue weighted by Gasteiger charge is -2.30. The maximum Gasteiger partial charge on any atom is 0.236 e. The van der Waals surface area contributed by atoms with Gasteiger partial charge in [-0.2, -0.15) is 5.26 Å². The molecule has 4 heterocycles. The van der Waals surface area contributed by atoms with Gasteiger partial charge in [-0.3, -0.25) is 19.1 Å². The third-order valence-corrected chi connectivity index (χ3v) is 20.2. The van der Waals surface area contributed by atoms with E-state index in [-0.39, 0.29) is 33.6 Å². The standard InChI is InChI=1S/C13H18N2P2.2C12H17NOP2.C11H13NO/c1-13(11-6-4-3-5-7-11)8-9-15(17-16-2)12(13)10-14;2*1-12(10-6-4-3-5-7-10)8-9-13(11(12)14)16-15-2;1-11(7-8-12-10(11)13)9-5-3-2-4-6-9/h3-7,12,16-17H,8-9H2,1-2H3;2*3-7,15-16H,8-9H2,1-2H3;2-6H,7-8H2,1H3,(H,12,13)/t12-,13+;2*12-;11-/m1000/s1.